The Kier molecular flexibility index (Phi) is 4.02. The average molecular weight is 279 g/mol. The highest BCUT2D eigenvalue weighted by Gasteiger charge is 2.14. The minimum absolute atomic E-state index is 0.286. The van der Waals surface area contributed by atoms with Gasteiger partial charge in [0.2, 0.25) is 0 Å². The molecule has 0 aliphatic heterocycles. The summed E-state index contributed by atoms with van der Waals surface area (Å²) in [6, 6.07) is 15.4. The number of nitrogens with one attached hydrogen (secondary N) is 1. The smallest absolute Gasteiger partial charge is 0.105 e. The summed E-state index contributed by atoms with van der Waals surface area (Å²) in [4.78, 5) is 4.32. The summed E-state index contributed by atoms with van der Waals surface area (Å²) in [7, 11) is 0. The van der Waals surface area contributed by atoms with E-state index in [1.54, 1.807) is 0 Å². The molecule has 1 atom stereocenters. The van der Waals surface area contributed by atoms with Crippen LogP contribution in [0.5, 0.6) is 0 Å². The maximum atomic E-state index is 4.32. The van der Waals surface area contributed by atoms with Gasteiger partial charge in [-0.05, 0) is 29.8 Å². The predicted molar refractivity (Wildman–Crippen MR) is 87.3 cm³/mol. The Morgan fingerprint density at radius 1 is 1.14 bits per heavy atom. The summed E-state index contributed by atoms with van der Waals surface area (Å²) in [5.74, 6) is 1.05. The zero-order chi connectivity index (χ0) is 14.7. The Balaban J connectivity index is 2.01. The second-order valence-electron chi connectivity index (χ2n) is 5.31. The Bertz CT molecular complexity index is 725. The quantitative estimate of drug-likeness (QED) is 0.772. The number of aryl methyl sites for hydroxylation is 1. The van der Waals surface area contributed by atoms with Crippen molar-refractivity contribution in [2.75, 3.05) is 6.54 Å². The molecule has 3 nitrogen and oxygen atoms in total. The highest BCUT2D eigenvalue weighted by Crippen LogP contribution is 2.25. The van der Waals surface area contributed by atoms with Crippen molar-refractivity contribution < 1.29 is 0 Å². The fourth-order valence-electron chi connectivity index (χ4n) is 2.87. The molecule has 2 aromatic carbocycles. The topological polar surface area (TPSA) is 29.9 Å². The standard InChI is InChI=1S/C18H21N3/c1-3-19-18(13-21-12-11-20-14(21)2)17-10-6-8-15-7-4-5-9-16(15)17/h4-12,18-19H,3,13H2,1-2H3. The fourth-order valence-corrected chi connectivity index (χ4v) is 2.87. The summed E-state index contributed by atoms with van der Waals surface area (Å²) >= 11 is 0. The van der Waals surface area contributed by atoms with E-state index in [1.807, 2.05) is 19.3 Å². The van der Waals surface area contributed by atoms with E-state index in [1.165, 1.54) is 16.3 Å². The van der Waals surface area contributed by atoms with Gasteiger partial charge in [-0.25, -0.2) is 4.98 Å². The summed E-state index contributed by atoms with van der Waals surface area (Å²) in [6.07, 6.45) is 3.91. The molecule has 0 spiro atoms. The van der Waals surface area contributed by atoms with Crippen LogP contribution in [-0.2, 0) is 6.54 Å². The van der Waals surface area contributed by atoms with Crippen molar-refractivity contribution in [1.29, 1.82) is 0 Å². The lowest BCUT2D eigenvalue weighted by Crippen LogP contribution is -2.25. The molecule has 108 valence electrons. The minimum Gasteiger partial charge on any atom is -0.333 e. The fraction of sp³-hybridized carbons (Fsp3) is 0.278. The van der Waals surface area contributed by atoms with Gasteiger partial charge in [-0.2, -0.15) is 0 Å². The lowest BCUT2D eigenvalue weighted by Gasteiger charge is -2.21. The average Bonchev–Trinajstić information content (AvgIpc) is 2.91. The minimum atomic E-state index is 0.286. The van der Waals surface area contributed by atoms with Crippen LogP contribution < -0.4 is 5.32 Å². The molecule has 0 aliphatic carbocycles. The molecule has 0 fully saturated rings. The molecule has 3 heteroatoms. The van der Waals surface area contributed by atoms with E-state index in [4.69, 9.17) is 0 Å². The van der Waals surface area contributed by atoms with Crippen LogP contribution in [0, 0.1) is 6.92 Å². The Morgan fingerprint density at radius 3 is 2.71 bits per heavy atom. The molecule has 0 saturated carbocycles. The third-order valence-electron chi connectivity index (χ3n) is 3.95. The van der Waals surface area contributed by atoms with Crippen LogP contribution in [0.1, 0.15) is 24.4 Å². The number of aromatic nitrogens is 2. The first kappa shape index (κ1) is 13.8. The third-order valence-corrected chi connectivity index (χ3v) is 3.95. The maximum absolute atomic E-state index is 4.32. The van der Waals surface area contributed by atoms with E-state index in [9.17, 15) is 0 Å². The molecule has 0 saturated heterocycles. The van der Waals surface area contributed by atoms with Crippen LogP contribution in [0.2, 0.25) is 0 Å². The summed E-state index contributed by atoms with van der Waals surface area (Å²) < 4.78 is 2.20. The molecule has 3 rings (SSSR count). The molecule has 1 unspecified atom stereocenters. The first-order valence-corrected chi connectivity index (χ1v) is 7.48. The highest BCUT2D eigenvalue weighted by atomic mass is 15.1. The SMILES string of the molecule is CCNC(Cn1ccnc1C)c1cccc2ccccc12. The van der Waals surface area contributed by atoms with Crippen molar-refractivity contribution in [1.82, 2.24) is 14.9 Å². The Labute approximate surface area is 125 Å². The van der Waals surface area contributed by atoms with E-state index >= 15 is 0 Å². The van der Waals surface area contributed by atoms with Gasteiger partial charge in [-0.3, -0.25) is 0 Å². The van der Waals surface area contributed by atoms with Gasteiger partial charge in [0, 0.05) is 18.9 Å². The second-order valence-corrected chi connectivity index (χ2v) is 5.31. The molecule has 1 N–H and O–H groups in total. The van der Waals surface area contributed by atoms with Gasteiger partial charge in [0.1, 0.15) is 5.82 Å². The molecule has 0 amide bonds. The van der Waals surface area contributed by atoms with E-state index in [0.717, 1.165) is 18.9 Å². The predicted octanol–water partition coefficient (Wildman–Crippen LogP) is 3.70. The molecule has 3 aromatic rings. The molecule has 0 bridgehead atoms. The number of hydrogen-bond acceptors (Lipinski definition) is 2. The van der Waals surface area contributed by atoms with Crippen LogP contribution in [-0.4, -0.2) is 16.1 Å². The van der Waals surface area contributed by atoms with Crippen molar-refractivity contribution >= 4 is 10.8 Å². The Morgan fingerprint density at radius 2 is 1.95 bits per heavy atom. The molecule has 0 aliphatic rings. The zero-order valence-electron chi connectivity index (χ0n) is 12.6. The van der Waals surface area contributed by atoms with Gasteiger partial charge < -0.3 is 9.88 Å². The Hall–Kier alpha value is -2.13. The van der Waals surface area contributed by atoms with Crippen LogP contribution in [0.3, 0.4) is 0 Å². The molecular weight excluding hydrogens is 258 g/mol. The number of imidazole rings is 1. The van der Waals surface area contributed by atoms with Gasteiger partial charge in [0.15, 0.2) is 0 Å². The van der Waals surface area contributed by atoms with Gasteiger partial charge in [0.25, 0.3) is 0 Å². The normalized spacial score (nSPS) is 12.7. The maximum Gasteiger partial charge on any atom is 0.105 e. The van der Waals surface area contributed by atoms with Crippen LogP contribution in [0.25, 0.3) is 10.8 Å². The summed E-state index contributed by atoms with van der Waals surface area (Å²) in [6.45, 7) is 6.04. The number of benzene rings is 2. The largest absolute Gasteiger partial charge is 0.333 e. The number of hydrogen-bond donors (Lipinski definition) is 1. The van der Waals surface area contributed by atoms with E-state index < -0.39 is 0 Å². The number of likely N-dealkylation sites (N-methyl/N-ethyl adjacent to an activating group) is 1. The number of fused-ring (bicyclic) bond motifs is 1. The van der Waals surface area contributed by atoms with Crippen molar-refractivity contribution in [3.8, 4) is 0 Å². The van der Waals surface area contributed by atoms with Gasteiger partial charge in [-0.1, -0.05) is 49.4 Å². The van der Waals surface area contributed by atoms with E-state index in [2.05, 4.69) is 64.3 Å². The van der Waals surface area contributed by atoms with Crippen LogP contribution in [0.4, 0.5) is 0 Å². The highest BCUT2D eigenvalue weighted by molar-refractivity contribution is 5.86. The van der Waals surface area contributed by atoms with Crippen LogP contribution in [0.15, 0.2) is 54.9 Å². The monoisotopic (exact) mass is 279 g/mol. The van der Waals surface area contributed by atoms with Crippen molar-refractivity contribution in [3.05, 3.63) is 66.2 Å². The number of nitrogens with zero attached hydrogens (tertiary/aromatic N) is 2. The molecular formula is C18H21N3. The summed E-state index contributed by atoms with van der Waals surface area (Å²) in [5, 5.41) is 6.22. The van der Waals surface area contributed by atoms with Crippen molar-refractivity contribution in [2.45, 2.75) is 26.4 Å². The molecule has 1 aromatic heterocycles. The number of rotatable bonds is 5. The lowest BCUT2D eigenvalue weighted by atomic mass is 9.98. The van der Waals surface area contributed by atoms with Crippen LogP contribution >= 0.6 is 0 Å². The van der Waals surface area contributed by atoms with Gasteiger partial charge in [0.05, 0.1) is 6.04 Å². The first-order valence-electron chi connectivity index (χ1n) is 7.48. The lowest BCUT2D eigenvalue weighted by molar-refractivity contribution is 0.472. The molecule has 0 radical (unpaired) electrons. The first-order chi connectivity index (χ1) is 10.3. The van der Waals surface area contributed by atoms with Crippen molar-refractivity contribution in [2.24, 2.45) is 0 Å². The zero-order valence-corrected chi connectivity index (χ0v) is 12.6. The van der Waals surface area contributed by atoms with Gasteiger partial charge in [-0.15, -0.1) is 0 Å². The second kappa shape index (κ2) is 6.10. The van der Waals surface area contributed by atoms with E-state index in [0.29, 0.717) is 0 Å². The summed E-state index contributed by atoms with van der Waals surface area (Å²) in [5.41, 5.74) is 1.35. The van der Waals surface area contributed by atoms with E-state index in [-0.39, 0.29) is 6.04 Å². The van der Waals surface area contributed by atoms with Crippen molar-refractivity contribution in [3.63, 3.8) is 0 Å². The molecule has 1 heterocycles. The molecule has 21 heavy (non-hydrogen) atoms. The van der Waals surface area contributed by atoms with Gasteiger partial charge >= 0.3 is 0 Å². The third kappa shape index (κ3) is 2.83.